The minimum atomic E-state index is 0.294. The maximum Gasteiger partial charge on any atom is 0.0677 e. The van der Waals surface area contributed by atoms with E-state index in [0.29, 0.717) is 6.04 Å². The Morgan fingerprint density at radius 1 is 1.29 bits per heavy atom. The number of rotatable bonds is 4. The molecule has 0 amide bonds. The van der Waals surface area contributed by atoms with Crippen LogP contribution in [0.4, 0.5) is 0 Å². The zero-order valence-corrected chi connectivity index (χ0v) is 11.3. The molecule has 17 heavy (non-hydrogen) atoms. The Bertz CT molecular complexity index is 490. The van der Waals surface area contributed by atoms with E-state index in [1.807, 2.05) is 23.7 Å². The van der Waals surface area contributed by atoms with Crippen molar-refractivity contribution in [3.05, 3.63) is 51.5 Å². The second kappa shape index (κ2) is 5.43. The number of hydrogen-bond acceptors (Lipinski definition) is 3. The quantitative estimate of drug-likeness (QED) is 0.893. The van der Waals surface area contributed by atoms with Gasteiger partial charge in [0.05, 0.1) is 6.04 Å². The monoisotopic (exact) mass is 246 g/mol. The lowest BCUT2D eigenvalue weighted by Gasteiger charge is -2.19. The topological polar surface area (TPSA) is 24.9 Å². The highest BCUT2D eigenvalue weighted by Crippen LogP contribution is 2.30. The Morgan fingerprint density at radius 3 is 2.71 bits per heavy atom. The van der Waals surface area contributed by atoms with Gasteiger partial charge < -0.3 is 5.32 Å². The maximum absolute atomic E-state index is 4.17. The Morgan fingerprint density at radius 2 is 2.12 bits per heavy atom. The fourth-order valence-electron chi connectivity index (χ4n) is 2.04. The largest absolute Gasteiger partial charge is 0.306 e. The van der Waals surface area contributed by atoms with Crippen LogP contribution in [0.1, 0.15) is 34.5 Å². The molecule has 3 heteroatoms. The minimum absolute atomic E-state index is 0.294. The second-order valence-electron chi connectivity index (χ2n) is 4.19. The lowest BCUT2D eigenvalue weighted by molar-refractivity contribution is 0.633. The molecule has 1 atom stereocenters. The fourth-order valence-corrected chi connectivity index (χ4v) is 3.06. The normalized spacial score (nSPS) is 12.6. The van der Waals surface area contributed by atoms with E-state index in [2.05, 4.69) is 48.6 Å². The predicted molar refractivity (Wildman–Crippen MR) is 73.5 cm³/mol. The van der Waals surface area contributed by atoms with Gasteiger partial charge in [-0.05, 0) is 54.6 Å². The van der Waals surface area contributed by atoms with Gasteiger partial charge in [-0.25, -0.2) is 0 Å². The van der Waals surface area contributed by atoms with Crippen LogP contribution >= 0.6 is 11.3 Å². The first-order chi connectivity index (χ1) is 8.24. The van der Waals surface area contributed by atoms with Gasteiger partial charge in [-0.15, -0.1) is 11.3 Å². The van der Waals surface area contributed by atoms with E-state index in [-0.39, 0.29) is 0 Å². The maximum atomic E-state index is 4.17. The van der Waals surface area contributed by atoms with Crippen molar-refractivity contribution in [2.24, 2.45) is 0 Å². The third-order valence-electron chi connectivity index (χ3n) is 2.95. The molecule has 2 nitrogen and oxygen atoms in total. The zero-order valence-electron chi connectivity index (χ0n) is 10.5. The van der Waals surface area contributed by atoms with Crippen LogP contribution in [0.15, 0.2) is 29.9 Å². The van der Waals surface area contributed by atoms with E-state index in [4.69, 9.17) is 0 Å². The van der Waals surface area contributed by atoms with Crippen LogP contribution in [0, 0.1) is 13.8 Å². The van der Waals surface area contributed by atoms with Crippen LogP contribution in [-0.4, -0.2) is 11.5 Å². The van der Waals surface area contributed by atoms with Crippen molar-refractivity contribution in [3.63, 3.8) is 0 Å². The number of hydrogen-bond donors (Lipinski definition) is 1. The molecule has 1 unspecified atom stereocenters. The Kier molecular flexibility index (Phi) is 3.92. The highest BCUT2D eigenvalue weighted by atomic mass is 32.1. The van der Waals surface area contributed by atoms with Gasteiger partial charge in [0.2, 0.25) is 0 Å². The predicted octanol–water partition coefficient (Wildman–Crippen LogP) is 3.46. The summed E-state index contributed by atoms with van der Waals surface area (Å²) < 4.78 is 0. The van der Waals surface area contributed by atoms with Gasteiger partial charge in [0, 0.05) is 17.3 Å². The summed E-state index contributed by atoms with van der Waals surface area (Å²) in [5.74, 6) is 0. The highest BCUT2D eigenvalue weighted by molar-refractivity contribution is 7.10. The van der Waals surface area contributed by atoms with Crippen molar-refractivity contribution in [2.45, 2.75) is 26.8 Å². The van der Waals surface area contributed by atoms with Gasteiger partial charge in [0.25, 0.3) is 0 Å². The summed E-state index contributed by atoms with van der Waals surface area (Å²) in [7, 11) is 0. The summed E-state index contributed by atoms with van der Waals surface area (Å²) in [4.78, 5) is 5.57. The standard InChI is InChI=1S/C14H18N2S/c1-4-16-13(14-10(2)6-8-17-14)12-5-7-15-9-11(12)3/h5-9,13,16H,4H2,1-3H3. The molecule has 0 aliphatic rings. The van der Waals surface area contributed by atoms with Crippen LogP contribution in [0.5, 0.6) is 0 Å². The van der Waals surface area contributed by atoms with Gasteiger partial charge >= 0.3 is 0 Å². The summed E-state index contributed by atoms with van der Waals surface area (Å²) >= 11 is 1.82. The van der Waals surface area contributed by atoms with E-state index < -0.39 is 0 Å². The minimum Gasteiger partial charge on any atom is -0.306 e. The number of nitrogens with zero attached hydrogens (tertiary/aromatic N) is 1. The molecule has 2 rings (SSSR count). The lowest BCUT2D eigenvalue weighted by Crippen LogP contribution is -2.22. The van der Waals surface area contributed by atoms with Crippen molar-refractivity contribution in [1.82, 2.24) is 10.3 Å². The molecule has 0 aromatic carbocycles. The number of aryl methyl sites for hydroxylation is 2. The van der Waals surface area contributed by atoms with E-state index in [1.54, 1.807) is 0 Å². The van der Waals surface area contributed by atoms with E-state index >= 15 is 0 Å². The SMILES string of the molecule is CCNC(c1ccncc1C)c1sccc1C. The van der Waals surface area contributed by atoms with Crippen LogP contribution in [-0.2, 0) is 0 Å². The number of thiophene rings is 1. The summed E-state index contributed by atoms with van der Waals surface area (Å²) in [6.07, 6.45) is 3.80. The third-order valence-corrected chi connectivity index (χ3v) is 4.03. The molecule has 0 fully saturated rings. The molecule has 0 radical (unpaired) electrons. The molecule has 90 valence electrons. The molecule has 2 aromatic heterocycles. The first-order valence-corrected chi connectivity index (χ1v) is 6.80. The van der Waals surface area contributed by atoms with Gasteiger partial charge in [0.1, 0.15) is 0 Å². The summed E-state index contributed by atoms with van der Waals surface area (Å²) in [6, 6.07) is 4.59. The first kappa shape index (κ1) is 12.3. The molecule has 0 spiro atoms. The molecule has 0 saturated carbocycles. The fraction of sp³-hybridized carbons (Fsp3) is 0.357. The van der Waals surface area contributed by atoms with Crippen molar-refractivity contribution < 1.29 is 0 Å². The Hall–Kier alpha value is -1.19. The van der Waals surface area contributed by atoms with E-state index in [1.165, 1.54) is 21.6 Å². The summed E-state index contributed by atoms with van der Waals surface area (Å²) in [5, 5.41) is 5.72. The molecule has 0 saturated heterocycles. The summed E-state index contributed by atoms with van der Waals surface area (Å²) in [6.45, 7) is 7.40. The molecule has 2 heterocycles. The van der Waals surface area contributed by atoms with Crippen LogP contribution in [0.3, 0.4) is 0 Å². The van der Waals surface area contributed by atoms with Crippen molar-refractivity contribution in [2.75, 3.05) is 6.54 Å². The van der Waals surface area contributed by atoms with Crippen molar-refractivity contribution >= 4 is 11.3 Å². The second-order valence-corrected chi connectivity index (χ2v) is 5.14. The molecular weight excluding hydrogens is 228 g/mol. The average molecular weight is 246 g/mol. The van der Waals surface area contributed by atoms with E-state index in [0.717, 1.165) is 6.54 Å². The lowest BCUT2D eigenvalue weighted by atomic mass is 10.0. The molecule has 0 aliphatic carbocycles. The smallest absolute Gasteiger partial charge is 0.0677 e. The van der Waals surface area contributed by atoms with Crippen LogP contribution < -0.4 is 5.32 Å². The van der Waals surface area contributed by atoms with E-state index in [9.17, 15) is 0 Å². The van der Waals surface area contributed by atoms with Gasteiger partial charge in [-0.1, -0.05) is 6.92 Å². The van der Waals surface area contributed by atoms with Crippen molar-refractivity contribution in [3.8, 4) is 0 Å². The van der Waals surface area contributed by atoms with Crippen molar-refractivity contribution in [1.29, 1.82) is 0 Å². The zero-order chi connectivity index (χ0) is 12.3. The number of pyridine rings is 1. The highest BCUT2D eigenvalue weighted by Gasteiger charge is 2.17. The van der Waals surface area contributed by atoms with Gasteiger partial charge in [-0.2, -0.15) is 0 Å². The molecular formula is C14H18N2S. The van der Waals surface area contributed by atoms with Crippen LogP contribution in [0.25, 0.3) is 0 Å². The Labute approximate surface area is 107 Å². The number of nitrogens with one attached hydrogen (secondary N) is 1. The third kappa shape index (κ3) is 2.56. The van der Waals surface area contributed by atoms with Gasteiger partial charge in [0.15, 0.2) is 0 Å². The Balaban J connectivity index is 2.43. The molecule has 0 aliphatic heterocycles. The average Bonchev–Trinajstić information content (AvgIpc) is 2.74. The molecule has 2 aromatic rings. The molecule has 1 N–H and O–H groups in total. The van der Waals surface area contributed by atoms with Crippen LogP contribution in [0.2, 0.25) is 0 Å². The first-order valence-electron chi connectivity index (χ1n) is 5.92. The number of aromatic nitrogens is 1. The molecule has 0 bridgehead atoms. The summed E-state index contributed by atoms with van der Waals surface area (Å²) in [5.41, 5.74) is 3.93. The van der Waals surface area contributed by atoms with Gasteiger partial charge in [-0.3, -0.25) is 4.98 Å².